The summed E-state index contributed by atoms with van der Waals surface area (Å²) in [6, 6.07) is 8.98. The molecule has 3 aromatic rings. The molecule has 2 heterocycles. The largest absolute Gasteiger partial charge is 0.290 e. The van der Waals surface area contributed by atoms with E-state index >= 15 is 0 Å². The van der Waals surface area contributed by atoms with Gasteiger partial charge in [-0.3, -0.25) is 14.9 Å². The first-order valence-corrected chi connectivity index (χ1v) is 6.29. The summed E-state index contributed by atoms with van der Waals surface area (Å²) in [5.41, 5.74) is 3.08. The Hall–Kier alpha value is -2.07. The molecule has 0 aliphatic heterocycles. The number of nitrogens with zero attached hydrogens (tertiary/aromatic N) is 2. The predicted octanol–water partition coefficient (Wildman–Crippen LogP) is 2.98. The van der Waals surface area contributed by atoms with Crippen LogP contribution in [0.15, 0.2) is 35.1 Å². The van der Waals surface area contributed by atoms with E-state index in [9.17, 15) is 4.79 Å². The van der Waals surface area contributed by atoms with Gasteiger partial charge in [0.1, 0.15) is 0 Å². The summed E-state index contributed by atoms with van der Waals surface area (Å²) in [6.07, 6.45) is 0. The molecule has 0 fully saturated rings. The number of hydrogen-bond acceptors (Lipinski definition) is 2. The Balaban J connectivity index is 2.31. The third-order valence-electron chi connectivity index (χ3n) is 3.06. The smallest absolute Gasteiger partial charge is 0.280 e. The Morgan fingerprint density at radius 1 is 1.21 bits per heavy atom. The number of H-pyrrole nitrogens is 1. The average molecular weight is 274 g/mol. The number of pyridine rings is 1. The second kappa shape index (κ2) is 4.24. The Labute approximate surface area is 114 Å². The van der Waals surface area contributed by atoms with Crippen LogP contribution in [-0.2, 0) is 0 Å². The van der Waals surface area contributed by atoms with Crippen molar-refractivity contribution in [2.24, 2.45) is 0 Å². The van der Waals surface area contributed by atoms with Gasteiger partial charge in [0, 0.05) is 10.7 Å². The molecule has 0 bridgehead atoms. The van der Waals surface area contributed by atoms with Crippen molar-refractivity contribution in [1.29, 1.82) is 0 Å². The van der Waals surface area contributed by atoms with Crippen LogP contribution < -0.4 is 5.56 Å². The Morgan fingerprint density at radius 2 is 1.89 bits per heavy atom. The Kier molecular flexibility index (Phi) is 2.68. The minimum absolute atomic E-state index is 0.0951. The number of nitrogens with one attached hydrogen (secondary N) is 1. The normalized spacial score (nSPS) is 11.1. The van der Waals surface area contributed by atoms with Crippen molar-refractivity contribution in [2.75, 3.05) is 0 Å². The third kappa shape index (κ3) is 1.94. The van der Waals surface area contributed by atoms with E-state index in [-0.39, 0.29) is 5.56 Å². The van der Waals surface area contributed by atoms with Gasteiger partial charge in [-0.2, -0.15) is 0 Å². The molecule has 0 unspecified atom stereocenters. The van der Waals surface area contributed by atoms with Gasteiger partial charge < -0.3 is 0 Å². The van der Waals surface area contributed by atoms with Crippen LogP contribution in [0.4, 0.5) is 0 Å². The molecule has 0 saturated heterocycles. The average Bonchev–Trinajstić information content (AvgIpc) is 2.67. The fourth-order valence-corrected chi connectivity index (χ4v) is 2.37. The molecule has 1 aromatic carbocycles. The molecule has 96 valence electrons. The molecule has 0 atom stereocenters. The molecule has 0 amide bonds. The molecular formula is C14H12ClN3O. The van der Waals surface area contributed by atoms with Gasteiger partial charge in [-0.25, -0.2) is 4.68 Å². The number of benzene rings is 1. The second-order valence-corrected chi connectivity index (χ2v) is 4.94. The van der Waals surface area contributed by atoms with Crippen molar-refractivity contribution in [3.05, 3.63) is 57.1 Å². The van der Waals surface area contributed by atoms with Crippen molar-refractivity contribution < 1.29 is 0 Å². The van der Waals surface area contributed by atoms with Crippen LogP contribution in [0.1, 0.15) is 11.4 Å². The van der Waals surface area contributed by atoms with Crippen molar-refractivity contribution >= 4 is 22.5 Å². The molecule has 5 heteroatoms. The number of aryl methyl sites for hydroxylation is 2. The standard InChI is InChI=1S/C14H12ClN3O/c1-8-7-12-13(9(2)16-8)14(19)18(17-12)11-5-3-10(15)4-6-11/h3-7,17H,1-2H3. The molecule has 0 spiro atoms. The van der Waals surface area contributed by atoms with Crippen LogP contribution in [-0.4, -0.2) is 14.8 Å². The van der Waals surface area contributed by atoms with Gasteiger partial charge in [0.25, 0.3) is 5.56 Å². The van der Waals surface area contributed by atoms with Crippen molar-refractivity contribution in [1.82, 2.24) is 14.8 Å². The van der Waals surface area contributed by atoms with E-state index in [4.69, 9.17) is 11.6 Å². The highest BCUT2D eigenvalue weighted by molar-refractivity contribution is 6.30. The summed E-state index contributed by atoms with van der Waals surface area (Å²) in [5.74, 6) is 0. The van der Waals surface area contributed by atoms with Gasteiger partial charge in [-0.15, -0.1) is 0 Å². The van der Waals surface area contributed by atoms with Crippen molar-refractivity contribution in [3.63, 3.8) is 0 Å². The minimum Gasteiger partial charge on any atom is -0.290 e. The first-order chi connectivity index (χ1) is 9.06. The van der Waals surface area contributed by atoms with Crippen molar-refractivity contribution in [3.8, 4) is 5.69 Å². The van der Waals surface area contributed by atoms with E-state index < -0.39 is 0 Å². The Bertz CT molecular complexity index is 815. The second-order valence-electron chi connectivity index (χ2n) is 4.50. The molecule has 2 aromatic heterocycles. The summed E-state index contributed by atoms with van der Waals surface area (Å²) in [6.45, 7) is 3.75. The molecule has 0 aliphatic rings. The van der Waals surface area contributed by atoms with Crippen LogP contribution in [0, 0.1) is 13.8 Å². The summed E-state index contributed by atoms with van der Waals surface area (Å²) in [5, 5.41) is 4.37. The van der Waals surface area contributed by atoms with Crippen LogP contribution in [0.3, 0.4) is 0 Å². The van der Waals surface area contributed by atoms with Crippen LogP contribution in [0.5, 0.6) is 0 Å². The number of hydrogen-bond donors (Lipinski definition) is 1. The Morgan fingerprint density at radius 3 is 2.58 bits per heavy atom. The van der Waals surface area contributed by atoms with Gasteiger partial charge in [-0.05, 0) is 44.2 Å². The molecule has 0 aliphatic carbocycles. The molecular weight excluding hydrogens is 262 g/mol. The van der Waals surface area contributed by atoms with Gasteiger partial charge in [0.15, 0.2) is 0 Å². The lowest BCUT2D eigenvalue weighted by atomic mass is 10.2. The van der Waals surface area contributed by atoms with E-state index in [0.717, 1.165) is 22.6 Å². The van der Waals surface area contributed by atoms with Gasteiger partial charge >= 0.3 is 0 Å². The van der Waals surface area contributed by atoms with E-state index in [1.165, 1.54) is 4.68 Å². The number of aromatic nitrogens is 3. The lowest BCUT2D eigenvalue weighted by Gasteiger charge is -2.00. The first-order valence-electron chi connectivity index (χ1n) is 5.91. The van der Waals surface area contributed by atoms with E-state index in [0.29, 0.717) is 10.4 Å². The molecule has 3 rings (SSSR count). The summed E-state index contributed by atoms with van der Waals surface area (Å²) in [7, 11) is 0. The zero-order chi connectivity index (χ0) is 13.6. The lowest BCUT2D eigenvalue weighted by Crippen LogP contribution is -2.14. The third-order valence-corrected chi connectivity index (χ3v) is 3.31. The number of fused-ring (bicyclic) bond motifs is 1. The number of halogens is 1. The first kappa shape index (κ1) is 12.0. The van der Waals surface area contributed by atoms with E-state index in [2.05, 4.69) is 10.1 Å². The van der Waals surface area contributed by atoms with E-state index in [1.54, 1.807) is 24.3 Å². The number of rotatable bonds is 1. The van der Waals surface area contributed by atoms with Gasteiger partial charge in [-0.1, -0.05) is 11.6 Å². The molecule has 0 radical (unpaired) electrons. The predicted molar refractivity (Wildman–Crippen MR) is 76.2 cm³/mol. The quantitative estimate of drug-likeness (QED) is 0.741. The molecule has 1 N–H and O–H groups in total. The van der Waals surface area contributed by atoms with Crippen molar-refractivity contribution in [2.45, 2.75) is 13.8 Å². The zero-order valence-corrected chi connectivity index (χ0v) is 11.3. The highest BCUT2D eigenvalue weighted by Crippen LogP contribution is 2.16. The van der Waals surface area contributed by atoms with Crippen LogP contribution >= 0.6 is 11.6 Å². The molecule has 0 saturated carbocycles. The summed E-state index contributed by atoms with van der Waals surface area (Å²) in [4.78, 5) is 16.7. The maximum absolute atomic E-state index is 12.4. The monoisotopic (exact) mass is 273 g/mol. The minimum atomic E-state index is -0.0951. The lowest BCUT2D eigenvalue weighted by molar-refractivity contribution is 0.863. The van der Waals surface area contributed by atoms with Gasteiger partial charge in [0.05, 0.1) is 22.3 Å². The molecule has 19 heavy (non-hydrogen) atoms. The number of aromatic amines is 1. The van der Waals surface area contributed by atoms with Crippen LogP contribution in [0.2, 0.25) is 5.02 Å². The van der Waals surface area contributed by atoms with E-state index in [1.807, 2.05) is 19.9 Å². The summed E-state index contributed by atoms with van der Waals surface area (Å²) < 4.78 is 1.51. The van der Waals surface area contributed by atoms with Crippen LogP contribution in [0.25, 0.3) is 16.6 Å². The zero-order valence-electron chi connectivity index (χ0n) is 10.6. The fourth-order valence-electron chi connectivity index (χ4n) is 2.24. The topological polar surface area (TPSA) is 50.7 Å². The fraction of sp³-hybridized carbons (Fsp3) is 0.143. The maximum atomic E-state index is 12.4. The molecule has 4 nitrogen and oxygen atoms in total. The van der Waals surface area contributed by atoms with Gasteiger partial charge in [0.2, 0.25) is 0 Å². The highest BCUT2D eigenvalue weighted by atomic mass is 35.5. The summed E-state index contributed by atoms with van der Waals surface area (Å²) >= 11 is 5.86. The highest BCUT2D eigenvalue weighted by Gasteiger charge is 2.11. The SMILES string of the molecule is Cc1cc2[nH]n(-c3ccc(Cl)cc3)c(=O)c2c(C)n1. The maximum Gasteiger partial charge on any atom is 0.280 e.